The highest BCUT2D eigenvalue weighted by atomic mass is 16.7. The van der Waals surface area contributed by atoms with Crippen molar-refractivity contribution in [2.45, 2.75) is 185 Å². The van der Waals surface area contributed by atoms with Gasteiger partial charge in [-0.2, -0.15) is 0 Å². The van der Waals surface area contributed by atoms with Crippen LogP contribution in [-0.2, 0) is 195 Å². The number of carboxylic acid groups (broad SMARTS) is 5. The van der Waals surface area contributed by atoms with Crippen LogP contribution in [0.4, 0.5) is 0 Å². The standard InChI is InChI=1S/3C15H16O9.2C11H14O6.2C10H12O7/c3*1-8(16)2-4-12(19)23-9-6-21-15-10(7-22-14(9)15)24-13(20)5-3-11(17)18;2*1-6(12)2-3-9(14)17-8-5-16-10-7(13)4-15-11(8)10;2*11-5-3-15-10-6(4-16-9(5)10)17-8(14)2-1-7(12)13/h2-5,9-10,14-15H,6-7H2,1H3,(H,17,18);2*2-5,9-10,14-16H,1,6-7H2,(H,17,18);2-3,7-8,10-11,13H,4-5H2,1H3;2-3,7-8,10-13H,1,4-5H2;2*1-2,5-6,9-11H,3-4H2,(H,12,13)/b4-2+,5-3-;2*4-2-,5-3+;3-2+;3-2-;2-1+;2-1-/t2*9-,10+,14+,15+;9-,10-,14-,15-;2*7-,8+,10-,11-;2*5-,6+,9+,10+/m0011100/s1. The van der Waals surface area contributed by atoms with Crippen molar-refractivity contribution < 1.29 is 256 Å². The maximum Gasteiger partial charge on any atom is 0.331 e. The van der Waals surface area contributed by atoms with Gasteiger partial charge in [0.05, 0.1) is 92.5 Å². The van der Waals surface area contributed by atoms with Crippen molar-refractivity contribution in [1.82, 2.24) is 0 Å². The lowest BCUT2D eigenvalue weighted by Crippen LogP contribution is -2.35. The van der Waals surface area contributed by atoms with E-state index in [1.165, 1.54) is 13.8 Å². The first-order valence-electron chi connectivity index (χ1n) is 41.9. The minimum atomic E-state index is -1.27. The second-order valence-corrected chi connectivity index (χ2v) is 30.9. The number of carbonyl (C=O) groups is 17. The van der Waals surface area contributed by atoms with Crippen LogP contribution < -0.4 is 0 Å². The lowest BCUT2D eigenvalue weighted by Gasteiger charge is -2.16. The Labute approximate surface area is 790 Å². The summed E-state index contributed by atoms with van der Waals surface area (Å²) in [5.41, 5.74) is 0. The van der Waals surface area contributed by atoms with Crippen LogP contribution in [0.15, 0.2) is 159 Å². The van der Waals surface area contributed by atoms with Crippen LogP contribution in [0, 0.1) is 0 Å². The van der Waals surface area contributed by atoms with Crippen molar-refractivity contribution in [2.75, 3.05) is 92.5 Å². The topological polar surface area (TPSA) is 754 Å². The monoisotopic (exact) mass is 1990 g/mol. The fraction of sp³-hybridized carbons (Fsp3) is 0.506. The smallest absolute Gasteiger partial charge is 0.331 e. The van der Waals surface area contributed by atoms with E-state index in [9.17, 15) is 102 Å². The molecule has 0 saturated carbocycles. The second-order valence-electron chi connectivity index (χ2n) is 30.9. The highest BCUT2D eigenvalue weighted by Gasteiger charge is 2.56. The first kappa shape index (κ1) is 112. The number of aliphatic hydroxyl groups is 7. The molecule has 0 aromatic rings. The molecule has 766 valence electrons. The number of ketones is 2. The summed E-state index contributed by atoms with van der Waals surface area (Å²) in [5, 5.41) is 106. The average molecular weight is 1990 g/mol. The fourth-order valence-electron chi connectivity index (χ4n) is 14.5. The lowest BCUT2D eigenvalue weighted by molar-refractivity contribution is -0.150. The molecule has 0 radical (unpaired) electrons. The van der Waals surface area contributed by atoms with Crippen LogP contribution >= 0.6 is 0 Å². The van der Waals surface area contributed by atoms with E-state index < -0.39 is 260 Å². The van der Waals surface area contributed by atoms with Gasteiger partial charge in [0.2, 0.25) is 0 Å². The third-order valence-electron chi connectivity index (χ3n) is 20.4. The molecule has 53 heteroatoms. The quantitative estimate of drug-likeness (QED) is 0.0106. The minimum absolute atomic E-state index is 0.0410. The van der Waals surface area contributed by atoms with Gasteiger partial charge < -0.3 is 175 Å². The third kappa shape index (κ3) is 35.8. The zero-order valence-corrected chi connectivity index (χ0v) is 73.8. The third-order valence-corrected chi connectivity index (χ3v) is 20.4. The Hall–Kier alpha value is -13.3. The number of ether oxygens (including phenoxy) is 24. The van der Waals surface area contributed by atoms with E-state index in [1.807, 2.05) is 0 Å². The van der Waals surface area contributed by atoms with Crippen molar-refractivity contribution in [1.29, 1.82) is 0 Å². The number of rotatable bonds is 30. The number of hydrogen-bond acceptors (Lipinski definition) is 48. The van der Waals surface area contributed by atoms with Gasteiger partial charge in [-0.15, -0.1) is 0 Å². The maximum absolute atomic E-state index is 11.6. The van der Waals surface area contributed by atoms with Gasteiger partial charge in [0.25, 0.3) is 0 Å². The Bertz CT molecular complexity index is 4120. The number of carboxylic acids is 5. The molecule has 0 unspecified atom stereocenters. The predicted octanol–water partition coefficient (Wildman–Crippen LogP) is -4.57. The Morgan fingerprint density at radius 3 is 0.429 bits per heavy atom. The fourth-order valence-corrected chi connectivity index (χ4v) is 14.5. The van der Waals surface area contributed by atoms with E-state index in [0.29, 0.717) is 30.4 Å². The summed E-state index contributed by atoms with van der Waals surface area (Å²) in [6.45, 7) is 13.9. The predicted molar refractivity (Wildman–Crippen MR) is 445 cm³/mol. The van der Waals surface area contributed by atoms with E-state index in [-0.39, 0.29) is 121 Å². The average Bonchev–Trinajstić information content (AvgIpc) is 1.62. The van der Waals surface area contributed by atoms with E-state index >= 15 is 0 Å². The summed E-state index contributed by atoms with van der Waals surface area (Å²) >= 11 is 0. The molecule has 12 N–H and O–H groups in total. The van der Waals surface area contributed by atoms with Gasteiger partial charge >= 0.3 is 89.5 Å². The Kier molecular flexibility index (Phi) is 43.9. The van der Waals surface area contributed by atoms with E-state index in [4.69, 9.17) is 155 Å². The van der Waals surface area contributed by atoms with Gasteiger partial charge in [0.1, 0.15) is 127 Å². The molecule has 53 nitrogen and oxygen atoms in total. The maximum atomic E-state index is 11.6. The molecule has 14 aliphatic heterocycles. The van der Waals surface area contributed by atoms with Crippen molar-refractivity contribution in [3.8, 4) is 0 Å². The summed E-state index contributed by atoms with van der Waals surface area (Å²) in [6.07, 6.45) is 1.63. The van der Waals surface area contributed by atoms with Crippen molar-refractivity contribution in [3.05, 3.63) is 159 Å². The summed E-state index contributed by atoms with van der Waals surface area (Å²) < 4.78 is 126. The first-order valence-corrected chi connectivity index (χ1v) is 41.9. The molecule has 28 atom stereocenters. The van der Waals surface area contributed by atoms with E-state index in [0.717, 1.165) is 91.1 Å². The van der Waals surface area contributed by atoms with Crippen LogP contribution in [0.5, 0.6) is 0 Å². The van der Waals surface area contributed by atoms with Gasteiger partial charge in [-0.25, -0.2) is 71.9 Å². The molecule has 140 heavy (non-hydrogen) atoms. The number of hydrogen-bond donors (Lipinski definition) is 12. The van der Waals surface area contributed by atoms with Crippen molar-refractivity contribution in [3.63, 3.8) is 0 Å². The summed E-state index contributed by atoms with van der Waals surface area (Å²) in [5.74, 6) is -14.9. The molecule has 14 aliphatic rings. The summed E-state index contributed by atoms with van der Waals surface area (Å²) in [4.78, 5) is 187. The van der Waals surface area contributed by atoms with Crippen LogP contribution in [0.2, 0.25) is 0 Å². The summed E-state index contributed by atoms with van der Waals surface area (Å²) in [6, 6.07) is 0. The Balaban J connectivity index is 0.000000201. The van der Waals surface area contributed by atoms with E-state index in [1.54, 1.807) is 0 Å². The van der Waals surface area contributed by atoms with Gasteiger partial charge in [0, 0.05) is 91.1 Å². The summed E-state index contributed by atoms with van der Waals surface area (Å²) in [7, 11) is 0. The van der Waals surface area contributed by atoms with Gasteiger partial charge in [0.15, 0.2) is 72.6 Å². The van der Waals surface area contributed by atoms with Crippen LogP contribution in [0.1, 0.15) is 13.8 Å². The zero-order valence-electron chi connectivity index (χ0n) is 73.8. The number of aliphatic carboxylic acids is 5. The molecule has 14 fully saturated rings. The molecule has 0 bridgehead atoms. The van der Waals surface area contributed by atoms with Crippen LogP contribution in [-0.4, -0.2) is 426 Å². The van der Waals surface area contributed by atoms with Crippen molar-refractivity contribution in [2.24, 2.45) is 0 Å². The molecule has 0 aromatic carbocycles. The molecule has 0 spiro atoms. The molecule has 0 amide bonds. The molecule has 0 aromatic heterocycles. The molecule has 0 aliphatic carbocycles. The van der Waals surface area contributed by atoms with Gasteiger partial charge in [-0.1, -0.05) is 19.7 Å². The largest absolute Gasteiger partial charge is 0.509 e. The number of aliphatic hydroxyl groups excluding tert-OH is 7. The normalized spacial score (nSPS) is 32.4. The second kappa shape index (κ2) is 54.9. The molecular weight excluding hydrogens is 1890 g/mol. The lowest BCUT2D eigenvalue weighted by atomic mass is 10.1. The number of carbonyl (C=O) groups excluding carboxylic acids is 12. The molecule has 14 heterocycles. The van der Waals surface area contributed by atoms with Crippen molar-refractivity contribution >= 4 is 101 Å². The highest BCUT2D eigenvalue weighted by molar-refractivity contribution is 5.96. The number of fused-ring (bicyclic) bond motifs is 7. The Morgan fingerprint density at radius 1 is 0.186 bits per heavy atom. The first-order chi connectivity index (χ1) is 66.4. The van der Waals surface area contributed by atoms with E-state index in [2.05, 4.69) is 19.7 Å². The van der Waals surface area contributed by atoms with Crippen LogP contribution in [0.25, 0.3) is 0 Å². The van der Waals surface area contributed by atoms with Gasteiger partial charge in [-0.3, -0.25) is 9.59 Å². The Morgan fingerprint density at radius 2 is 0.300 bits per heavy atom. The highest BCUT2D eigenvalue weighted by Crippen LogP contribution is 2.37. The van der Waals surface area contributed by atoms with Crippen LogP contribution in [0.3, 0.4) is 0 Å². The molecule has 14 rings (SSSR count). The number of allylic oxidation sites excluding steroid dienone is 5. The molecule has 14 saturated heterocycles. The minimum Gasteiger partial charge on any atom is -0.509 e. The number of esters is 10. The SMILES string of the molecule is C=C(O)/C=C\C(=O)O[C@@H]1CO[C@H]2[C@@H]1OC[C@H]2OC(=O)/C=C/C(=O)O.C=C(O)/C=C\C(=O)O[C@H]1CO[C@H]2[C@@H]1OC[C@H]2O.C=C(O)/C=C\C(=O)O[C@H]1CO[C@H]2[C@@H]1OC[C@H]2OC(=O)/C=C/C(=O)O.CC(=O)/C=C/C(=O)O[C@H]1CO[C@H]2[C@@H]1OC[C@H]2O.CC(=O)/C=C/C(=O)O[C@H]1CO[C@H]2[C@@H]1OC[C@H]2OC(=O)/C=C\C(=O)O.O=C(O)/C=C/C(=O)O[C@@H]1CO[C@H]2[C@@H]1OC[C@@H]2O.O=C(O)/C=C\C(=O)O[C@@H]1CO[C@H]2[C@@H]1OC[C@@H]2O. The van der Waals surface area contributed by atoms with Gasteiger partial charge in [-0.05, 0) is 44.2 Å². The molecular formula is C87H100O53. The zero-order chi connectivity index (χ0) is 103.